The summed E-state index contributed by atoms with van der Waals surface area (Å²) in [6.07, 6.45) is -4.49. The Morgan fingerprint density at radius 3 is 2.72 bits per heavy atom. The molecule has 0 spiro atoms. The van der Waals surface area contributed by atoms with Crippen molar-refractivity contribution in [3.63, 3.8) is 0 Å². The average molecular weight is 417 g/mol. The molecule has 0 saturated heterocycles. The van der Waals surface area contributed by atoms with E-state index in [1.807, 2.05) is 6.07 Å². The van der Waals surface area contributed by atoms with Crippen molar-refractivity contribution in [1.82, 2.24) is 4.98 Å². The highest BCUT2D eigenvalue weighted by atomic mass is 32.2. The van der Waals surface area contributed by atoms with Crippen molar-refractivity contribution < 1.29 is 22.7 Å². The number of pyridine rings is 1. The number of ether oxygens (including phenoxy) is 1. The molecule has 3 aromatic rings. The molecular weight excluding hydrogens is 403 g/mol. The lowest BCUT2D eigenvalue weighted by Crippen LogP contribution is -2.15. The first-order valence-corrected chi connectivity index (χ1v) is 9.27. The maximum atomic E-state index is 12.8. The van der Waals surface area contributed by atoms with Crippen molar-refractivity contribution in [2.45, 2.75) is 11.2 Å². The van der Waals surface area contributed by atoms with Gasteiger partial charge in [-0.3, -0.25) is 4.79 Å². The summed E-state index contributed by atoms with van der Waals surface area (Å²) >= 11 is 1.03. The molecule has 3 rings (SSSR count). The molecule has 1 aromatic heterocycles. The van der Waals surface area contributed by atoms with Crippen molar-refractivity contribution >= 4 is 34.3 Å². The van der Waals surface area contributed by atoms with Crippen molar-refractivity contribution in [2.24, 2.45) is 0 Å². The van der Waals surface area contributed by atoms with Crippen molar-refractivity contribution in [3.05, 3.63) is 59.7 Å². The molecule has 1 amide bonds. The Balaban J connectivity index is 1.73. The normalized spacial score (nSPS) is 11.1. The zero-order chi connectivity index (χ0) is 21.0. The molecule has 0 aliphatic heterocycles. The van der Waals surface area contributed by atoms with Crippen LogP contribution in [0.5, 0.6) is 5.75 Å². The predicted octanol–water partition coefficient (Wildman–Crippen LogP) is 4.86. The second-order valence-electron chi connectivity index (χ2n) is 5.93. The molecule has 1 heterocycles. The lowest BCUT2D eigenvalue weighted by Gasteiger charge is -2.10. The number of thioether (sulfide) groups is 1. The van der Waals surface area contributed by atoms with Gasteiger partial charge in [-0.1, -0.05) is 17.8 Å². The molecule has 5 nitrogen and oxygen atoms in total. The molecule has 0 bridgehead atoms. The van der Waals surface area contributed by atoms with Crippen LogP contribution in [0.1, 0.15) is 11.1 Å². The summed E-state index contributed by atoms with van der Waals surface area (Å²) in [6.45, 7) is 0. The number of halogens is 3. The number of nitrogens with one attached hydrogen (secondary N) is 1. The van der Waals surface area contributed by atoms with Gasteiger partial charge in [-0.2, -0.15) is 18.4 Å². The fourth-order valence-electron chi connectivity index (χ4n) is 2.56. The molecule has 29 heavy (non-hydrogen) atoms. The number of amides is 1. The van der Waals surface area contributed by atoms with Gasteiger partial charge >= 0.3 is 6.18 Å². The minimum Gasteiger partial charge on any atom is -0.497 e. The van der Waals surface area contributed by atoms with E-state index < -0.39 is 17.6 Å². The Bertz CT molecular complexity index is 1110. The molecule has 0 saturated carbocycles. The zero-order valence-corrected chi connectivity index (χ0v) is 15.9. The highest BCUT2D eigenvalue weighted by molar-refractivity contribution is 8.00. The van der Waals surface area contributed by atoms with Crippen molar-refractivity contribution in [1.29, 1.82) is 5.26 Å². The van der Waals surface area contributed by atoms with E-state index in [2.05, 4.69) is 10.3 Å². The number of aromatic nitrogens is 1. The largest absolute Gasteiger partial charge is 0.497 e. The highest BCUT2D eigenvalue weighted by Crippen LogP contribution is 2.31. The maximum absolute atomic E-state index is 12.8. The summed E-state index contributed by atoms with van der Waals surface area (Å²) in [7, 11) is 1.53. The van der Waals surface area contributed by atoms with Crippen LogP contribution in [0, 0.1) is 11.3 Å². The standard InChI is InChI=1S/C20H14F3N3O2S/c1-28-16-5-6-17-12(8-16)7-13(10-24)19(26-17)29-11-18(27)25-15-4-2-3-14(9-15)20(21,22)23/h2-9H,11H2,1H3,(H,25,27). The van der Waals surface area contributed by atoms with Crippen LogP contribution in [0.4, 0.5) is 18.9 Å². The number of anilines is 1. The molecule has 0 aliphatic carbocycles. The van der Waals surface area contributed by atoms with Gasteiger partial charge in [0, 0.05) is 11.1 Å². The van der Waals surface area contributed by atoms with E-state index in [0.29, 0.717) is 21.9 Å². The number of nitriles is 1. The van der Waals surface area contributed by atoms with Crippen LogP contribution < -0.4 is 10.1 Å². The molecule has 1 N–H and O–H groups in total. The minimum absolute atomic E-state index is 0.0458. The van der Waals surface area contributed by atoms with Gasteiger partial charge < -0.3 is 10.1 Å². The first kappa shape index (κ1) is 20.5. The number of carbonyl (C=O) groups is 1. The van der Waals surface area contributed by atoms with E-state index in [9.17, 15) is 23.2 Å². The fourth-order valence-corrected chi connectivity index (χ4v) is 3.32. The van der Waals surface area contributed by atoms with Crippen LogP contribution in [0.25, 0.3) is 10.9 Å². The van der Waals surface area contributed by atoms with Gasteiger partial charge in [-0.05, 0) is 42.5 Å². The lowest BCUT2D eigenvalue weighted by atomic mass is 10.1. The van der Waals surface area contributed by atoms with E-state index in [4.69, 9.17) is 4.74 Å². The van der Waals surface area contributed by atoms with E-state index in [1.54, 1.807) is 24.3 Å². The SMILES string of the molecule is COc1ccc2nc(SCC(=O)Nc3cccc(C(F)(F)F)c3)c(C#N)cc2c1. The molecule has 0 radical (unpaired) electrons. The first-order chi connectivity index (χ1) is 13.8. The lowest BCUT2D eigenvalue weighted by molar-refractivity contribution is -0.137. The molecule has 0 unspecified atom stereocenters. The van der Waals surface area contributed by atoms with Crippen molar-refractivity contribution in [2.75, 3.05) is 18.2 Å². The predicted molar refractivity (Wildman–Crippen MR) is 104 cm³/mol. The molecule has 0 atom stereocenters. The van der Waals surface area contributed by atoms with Crippen LogP contribution in [0.3, 0.4) is 0 Å². The smallest absolute Gasteiger partial charge is 0.416 e. The number of carbonyl (C=O) groups excluding carboxylic acids is 1. The van der Waals surface area contributed by atoms with Crippen LogP contribution >= 0.6 is 11.8 Å². The third-order valence-corrected chi connectivity index (χ3v) is 4.91. The van der Waals surface area contributed by atoms with E-state index in [-0.39, 0.29) is 11.4 Å². The average Bonchev–Trinajstić information content (AvgIpc) is 2.70. The van der Waals surface area contributed by atoms with Gasteiger partial charge in [0.25, 0.3) is 0 Å². The molecule has 2 aromatic carbocycles. The summed E-state index contributed by atoms with van der Waals surface area (Å²) in [5, 5.41) is 12.9. The van der Waals surface area contributed by atoms with Gasteiger partial charge in [0.15, 0.2) is 0 Å². The number of rotatable bonds is 5. The van der Waals surface area contributed by atoms with Crippen LogP contribution in [-0.2, 0) is 11.0 Å². The number of methoxy groups -OCH3 is 1. The van der Waals surface area contributed by atoms with E-state index in [1.165, 1.54) is 19.2 Å². The molecule has 148 valence electrons. The zero-order valence-electron chi connectivity index (χ0n) is 15.1. The van der Waals surface area contributed by atoms with Gasteiger partial charge in [0.05, 0.1) is 29.5 Å². The van der Waals surface area contributed by atoms with Crippen LogP contribution in [0.2, 0.25) is 0 Å². The molecule has 0 aliphatic rings. The number of fused-ring (bicyclic) bond motifs is 1. The summed E-state index contributed by atoms with van der Waals surface area (Å²) in [6, 6.07) is 13.3. The second kappa shape index (κ2) is 8.41. The molecule has 9 heteroatoms. The Morgan fingerprint density at radius 1 is 1.24 bits per heavy atom. The number of hydrogen-bond donors (Lipinski definition) is 1. The summed E-state index contributed by atoms with van der Waals surface area (Å²) < 4.78 is 43.5. The molecule has 0 fully saturated rings. The van der Waals surface area contributed by atoms with E-state index >= 15 is 0 Å². The Hall–Kier alpha value is -3.25. The topological polar surface area (TPSA) is 75.0 Å². The fraction of sp³-hybridized carbons (Fsp3) is 0.150. The number of benzene rings is 2. The maximum Gasteiger partial charge on any atom is 0.416 e. The first-order valence-electron chi connectivity index (χ1n) is 8.29. The summed E-state index contributed by atoms with van der Waals surface area (Å²) in [5.74, 6) is 0.0125. The summed E-state index contributed by atoms with van der Waals surface area (Å²) in [4.78, 5) is 16.6. The quantitative estimate of drug-likeness (QED) is 0.600. The monoisotopic (exact) mass is 417 g/mol. The number of alkyl halides is 3. The minimum atomic E-state index is -4.49. The van der Waals surface area contributed by atoms with Gasteiger partial charge in [0.2, 0.25) is 5.91 Å². The Morgan fingerprint density at radius 2 is 2.03 bits per heavy atom. The van der Waals surface area contributed by atoms with Gasteiger partial charge in [0.1, 0.15) is 16.8 Å². The summed E-state index contributed by atoms with van der Waals surface area (Å²) in [5.41, 5.74) is 0.124. The van der Waals surface area contributed by atoms with Crippen molar-refractivity contribution in [3.8, 4) is 11.8 Å². The molecular formula is C20H14F3N3O2S. The second-order valence-corrected chi connectivity index (χ2v) is 6.89. The third-order valence-electron chi connectivity index (χ3n) is 3.92. The highest BCUT2D eigenvalue weighted by Gasteiger charge is 2.30. The number of hydrogen-bond acceptors (Lipinski definition) is 5. The van der Waals surface area contributed by atoms with Crippen LogP contribution in [0.15, 0.2) is 53.6 Å². The Kier molecular flexibility index (Phi) is 5.94. The van der Waals surface area contributed by atoms with Gasteiger partial charge in [-0.25, -0.2) is 4.98 Å². The third kappa shape index (κ3) is 4.97. The van der Waals surface area contributed by atoms with E-state index in [0.717, 1.165) is 29.3 Å². The number of nitrogens with zero attached hydrogens (tertiary/aromatic N) is 2. The Labute approximate surface area is 168 Å². The van der Waals surface area contributed by atoms with Gasteiger partial charge in [-0.15, -0.1) is 0 Å². The van der Waals surface area contributed by atoms with Crippen LogP contribution in [-0.4, -0.2) is 23.8 Å².